The predicted molar refractivity (Wildman–Crippen MR) is 138 cm³/mol. The van der Waals surface area contributed by atoms with Crippen LogP contribution in [0.4, 0.5) is 4.79 Å². The number of esters is 1. The average molecular weight is 527 g/mol. The van der Waals surface area contributed by atoms with Crippen molar-refractivity contribution in [1.29, 1.82) is 0 Å². The van der Waals surface area contributed by atoms with E-state index < -0.39 is 60.6 Å². The monoisotopic (exact) mass is 526 g/mol. The zero-order valence-corrected chi connectivity index (χ0v) is 21.8. The first kappa shape index (κ1) is 28.7. The Labute approximate surface area is 221 Å². The van der Waals surface area contributed by atoms with Gasteiger partial charge in [-0.25, -0.2) is 9.59 Å². The fourth-order valence-corrected chi connectivity index (χ4v) is 4.00. The lowest BCUT2D eigenvalue weighted by Crippen LogP contribution is -2.62. The van der Waals surface area contributed by atoms with Gasteiger partial charge in [0.15, 0.2) is 6.10 Å². The lowest BCUT2D eigenvalue weighted by Gasteiger charge is -2.39. The molecule has 10 nitrogen and oxygen atoms in total. The van der Waals surface area contributed by atoms with Crippen LogP contribution >= 0.6 is 0 Å². The first-order valence-electron chi connectivity index (χ1n) is 12.2. The molecule has 0 radical (unpaired) electrons. The Bertz CT molecular complexity index is 1090. The van der Waals surface area contributed by atoms with E-state index in [-0.39, 0.29) is 5.76 Å². The van der Waals surface area contributed by atoms with Crippen LogP contribution in [-0.2, 0) is 23.8 Å². The van der Waals surface area contributed by atoms with E-state index in [2.05, 4.69) is 10.6 Å². The molecule has 1 heterocycles. The summed E-state index contributed by atoms with van der Waals surface area (Å²) in [6, 6.07) is 16.2. The minimum absolute atomic E-state index is 0.304. The van der Waals surface area contributed by atoms with Crippen molar-refractivity contribution >= 4 is 18.0 Å². The van der Waals surface area contributed by atoms with Crippen LogP contribution < -0.4 is 10.6 Å². The van der Waals surface area contributed by atoms with E-state index in [1.54, 1.807) is 20.8 Å². The maximum atomic E-state index is 13.4. The third-order valence-electron chi connectivity index (χ3n) is 5.59. The van der Waals surface area contributed by atoms with Gasteiger partial charge in [-0.2, -0.15) is 0 Å². The Balaban J connectivity index is 1.96. The summed E-state index contributed by atoms with van der Waals surface area (Å²) >= 11 is 0. The summed E-state index contributed by atoms with van der Waals surface area (Å²) in [7, 11) is 0. The quantitative estimate of drug-likeness (QED) is 0.384. The van der Waals surface area contributed by atoms with Crippen molar-refractivity contribution in [2.75, 3.05) is 6.61 Å². The standard InChI is InChI=1S/C28H34N2O8/c1-17(32)29-23-20(30-27(35)38-28(2,3)4)15-22(36-25(23)21(33)16-31)26(34)37-24(18-11-7-5-8-12-18)19-13-9-6-10-14-19/h5-15,20-21,23-25,31,33H,16H2,1-4H3,(H,29,32)(H,30,35)/t20-,21+,23+,25-/m0/s1. The second-order valence-electron chi connectivity index (χ2n) is 9.87. The first-order valence-corrected chi connectivity index (χ1v) is 12.2. The highest BCUT2D eigenvalue weighted by Gasteiger charge is 2.43. The lowest BCUT2D eigenvalue weighted by molar-refractivity contribution is -0.152. The molecule has 0 unspecified atom stereocenters. The molecule has 1 aliphatic heterocycles. The number of amides is 2. The number of ether oxygens (including phenoxy) is 3. The summed E-state index contributed by atoms with van der Waals surface area (Å²) < 4.78 is 17.0. The number of alkyl carbamates (subject to hydrolysis) is 1. The minimum atomic E-state index is -1.50. The van der Waals surface area contributed by atoms with E-state index in [0.717, 1.165) is 11.1 Å². The van der Waals surface area contributed by atoms with Crippen LogP contribution in [0.1, 0.15) is 44.9 Å². The Morgan fingerprint density at radius 2 is 1.53 bits per heavy atom. The van der Waals surface area contributed by atoms with Gasteiger partial charge >= 0.3 is 12.1 Å². The van der Waals surface area contributed by atoms with E-state index in [4.69, 9.17) is 14.2 Å². The van der Waals surface area contributed by atoms with Crippen molar-refractivity contribution < 1.29 is 38.8 Å². The van der Waals surface area contributed by atoms with Crippen molar-refractivity contribution in [2.24, 2.45) is 0 Å². The molecule has 4 N–H and O–H groups in total. The number of aliphatic hydroxyl groups is 2. The highest BCUT2D eigenvalue weighted by atomic mass is 16.6. The molecule has 0 saturated heterocycles. The van der Waals surface area contributed by atoms with Gasteiger partial charge in [-0.1, -0.05) is 60.7 Å². The van der Waals surface area contributed by atoms with Gasteiger partial charge in [0.25, 0.3) is 0 Å². The summed E-state index contributed by atoms with van der Waals surface area (Å²) in [6.07, 6.45) is -3.08. The third-order valence-corrected chi connectivity index (χ3v) is 5.59. The molecule has 2 aromatic carbocycles. The second kappa shape index (κ2) is 12.6. The van der Waals surface area contributed by atoms with Gasteiger partial charge in [-0.05, 0) is 38.0 Å². The van der Waals surface area contributed by atoms with Crippen molar-refractivity contribution in [3.05, 3.63) is 83.6 Å². The van der Waals surface area contributed by atoms with Crippen molar-refractivity contribution in [3.63, 3.8) is 0 Å². The molecule has 2 amide bonds. The number of benzene rings is 2. The van der Waals surface area contributed by atoms with Crippen LogP contribution in [-0.4, -0.2) is 64.7 Å². The fourth-order valence-electron chi connectivity index (χ4n) is 4.00. The second-order valence-corrected chi connectivity index (χ2v) is 9.87. The zero-order chi connectivity index (χ0) is 27.9. The van der Waals surface area contributed by atoms with Crippen LogP contribution in [0.2, 0.25) is 0 Å². The topological polar surface area (TPSA) is 143 Å². The lowest BCUT2D eigenvalue weighted by atomic mass is 9.94. The van der Waals surface area contributed by atoms with E-state index >= 15 is 0 Å². The maximum absolute atomic E-state index is 13.4. The summed E-state index contributed by atoms with van der Waals surface area (Å²) in [5, 5.41) is 25.4. The van der Waals surface area contributed by atoms with Gasteiger partial charge < -0.3 is 35.1 Å². The van der Waals surface area contributed by atoms with Gasteiger partial charge in [-0.15, -0.1) is 0 Å². The van der Waals surface area contributed by atoms with E-state index in [9.17, 15) is 24.6 Å². The summed E-state index contributed by atoms with van der Waals surface area (Å²) in [5.41, 5.74) is 0.622. The van der Waals surface area contributed by atoms with Gasteiger partial charge in [0, 0.05) is 6.92 Å². The molecule has 0 spiro atoms. The summed E-state index contributed by atoms with van der Waals surface area (Å²) in [6.45, 7) is 5.59. The zero-order valence-electron chi connectivity index (χ0n) is 21.8. The number of carbonyl (C=O) groups is 3. The molecular weight excluding hydrogens is 492 g/mol. The molecule has 204 valence electrons. The molecular formula is C28H34N2O8. The molecule has 0 saturated carbocycles. The van der Waals surface area contributed by atoms with Crippen LogP contribution in [0.3, 0.4) is 0 Å². The van der Waals surface area contributed by atoms with Crippen LogP contribution in [0.15, 0.2) is 72.5 Å². The SMILES string of the molecule is CC(=O)N[C@H]1[C@H]([C@H](O)CO)OC(C(=O)OC(c2ccccc2)c2ccccc2)=C[C@@H]1NC(=O)OC(C)(C)C. The fraction of sp³-hybridized carbons (Fsp3) is 0.393. The molecule has 0 aromatic heterocycles. The predicted octanol–water partition coefficient (Wildman–Crippen LogP) is 2.35. The Kier molecular flexibility index (Phi) is 9.49. The molecule has 0 aliphatic carbocycles. The largest absolute Gasteiger partial charge is 0.478 e. The Morgan fingerprint density at radius 1 is 0.974 bits per heavy atom. The smallest absolute Gasteiger partial charge is 0.408 e. The average Bonchev–Trinajstić information content (AvgIpc) is 2.87. The van der Waals surface area contributed by atoms with Gasteiger partial charge in [-0.3, -0.25) is 4.79 Å². The van der Waals surface area contributed by atoms with Gasteiger partial charge in [0.1, 0.15) is 17.8 Å². The van der Waals surface area contributed by atoms with Crippen molar-refractivity contribution in [1.82, 2.24) is 10.6 Å². The van der Waals surface area contributed by atoms with Gasteiger partial charge in [0.2, 0.25) is 11.7 Å². The van der Waals surface area contributed by atoms with Crippen LogP contribution in [0.5, 0.6) is 0 Å². The molecule has 0 bridgehead atoms. The summed E-state index contributed by atoms with van der Waals surface area (Å²) in [4.78, 5) is 37.9. The number of aliphatic hydroxyl groups excluding tert-OH is 2. The number of rotatable bonds is 8. The number of carbonyl (C=O) groups excluding carboxylic acids is 3. The molecule has 0 fully saturated rings. The third kappa shape index (κ3) is 7.80. The summed E-state index contributed by atoms with van der Waals surface area (Å²) in [5.74, 6) is -1.64. The molecule has 2 aromatic rings. The molecule has 1 aliphatic rings. The first-order chi connectivity index (χ1) is 18.0. The van der Waals surface area contributed by atoms with E-state index in [0.29, 0.717) is 0 Å². The van der Waals surface area contributed by atoms with Gasteiger partial charge in [0.05, 0.1) is 18.7 Å². The Morgan fingerprint density at radius 3 is 2.00 bits per heavy atom. The molecule has 10 heteroatoms. The van der Waals surface area contributed by atoms with Crippen LogP contribution in [0.25, 0.3) is 0 Å². The molecule has 4 atom stereocenters. The number of hydrogen-bond acceptors (Lipinski definition) is 8. The van der Waals surface area contributed by atoms with Crippen molar-refractivity contribution in [2.45, 2.75) is 63.7 Å². The maximum Gasteiger partial charge on any atom is 0.408 e. The Hall–Kier alpha value is -3.89. The van der Waals surface area contributed by atoms with Crippen LogP contribution in [0, 0.1) is 0 Å². The molecule has 3 rings (SSSR count). The van der Waals surface area contributed by atoms with E-state index in [1.165, 1.54) is 13.0 Å². The number of hydrogen-bond donors (Lipinski definition) is 4. The minimum Gasteiger partial charge on any atom is -0.478 e. The highest BCUT2D eigenvalue weighted by molar-refractivity contribution is 5.87. The van der Waals surface area contributed by atoms with E-state index in [1.807, 2.05) is 60.7 Å². The normalized spacial score (nSPS) is 20.0. The molecule has 38 heavy (non-hydrogen) atoms. The number of nitrogens with one attached hydrogen (secondary N) is 2. The highest BCUT2D eigenvalue weighted by Crippen LogP contribution is 2.29. The van der Waals surface area contributed by atoms with Crippen molar-refractivity contribution in [3.8, 4) is 0 Å².